The Morgan fingerprint density at radius 1 is 1.19 bits per heavy atom. The van der Waals surface area contributed by atoms with Crippen LogP contribution in [0.1, 0.15) is 23.7 Å². The Morgan fingerprint density at radius 2 is 1.91 bits per heavy atom. The van der Waals surface area contributed by atoms with E-state index < -0.39 is 11.6 Å². The molecule has 10 heteroatoms. The van der Waals surface area contributed by atoms with Gasteiger partial charge in [-0.3, -0.25) is 4.68 Å². The number of nitrogens with two attached hydrogens (primary N) is 1. The number of nitrogens with zero attached hydrogens (tertiary/aromatic N) is 5. The van der Waals surface area contributed by atoms with Crippen LogP contribution >= 0.6 is 0 Å². The van der Waals surface area contributed by atoms with Crippen LogP contribution in [0.5, 0.6) is 5.75 Å². The van der Waals surface area contributed by atoms with E-state index in [1.807, 2.05) is 6.92 Å². The van der Waals surface area contributed by atoms with Gasteiger partial charge in [0, 0.05) is 30.4 Å². The van der Waals surface area contributed by atoms with Crippen LogP contribution in [0.3, 0.4) is 0 Å². The molecule has 0 unspecified atom stereocenters. The Kier molecular flexibility index (Phi) is 7.37. The van der Waals surface area contributed by atoms with E-state index in [0.29, 0.717) is 37.0 Å². The fraction of sp³-hybridized carbons (Fsp3) is 0.318. The van der Waals surface area contributed by atoms with Crippen LogP contribution in [0.4, 0.5) is 14.7 Å². The van der Waals surface area contributed by atoms with Crippen molar-refractivity contribution >= 4 is 12.0 Å². The van der Waals surface area contributed by atoms with Gasteiger partial charge >= 0.3 is 0 Å². The molecule has 2 heterocycles. The SMILES string of the molecule is C=C/C=C\c1c(C)c(-c2nc(N)n(CCOC)n2)nn1Cc1c(F)cc(OCC)cc1F. The van der Waals surface area contributed by atoms with Crippen molar-refractivity contribution in [1.29, 1.82) is 0 Å². The summed E-state index contributed by atoms with van der Waals surface area (Å²) in [6.07, 6.45) is 5.08. The minimum Gasteiger partial charge on any atom is -0.494 e. The Labute approximate surface area is 185 Å². The van der Waals surface area contributed by atoms with Crippen LogP contribution in [0.2, 0.25) is 0 Å². The molecule has 0 aliphatic carbocycles. The number of nitrogen functional groups attached to an aromatic ring is 1. The third kappa shape index (κ3) is 4.86. The predicted octanol–water partition coefficient (Wildman–Crippen LogP) is 3.60. The van der Waals surface area contributed by atoms with Gasteiger partial charge in [0.1, 0.15) is 23.1 Å². The van der Waals surface area contributed by atoms with Gasteiger partial charge in [0.2, 0.25) is 11.8 Å². The summed E-state index contributed by atoms with van der Waals surface area (Å²) in [5, 5.41) is 8.95. The fourth-order valence-electron chi connectivity index (χ4n) is 3.20. The lowest BCUT2D eigenvalue weighted by Crippen LogP contribution is -2.09. The number of rotatable bonds is 10. The van der Waals surface area contributed by atoms with Gasteiger partial charge in [-0.05, 0) is 19.9 Å². The first kappa shape index (κ1) is 23.1. The van der Waals surface area contributed by atoms with E-state index >= 15 is 0 Å². The van der Waals surface area contributed by atoms with Gasteiger partial charge in [-0.2, -0.15) is 10.1 Å². The molecule has 0 aliphatic rings. The number of anilines is 1. The van der Waals surface area contributed by atoms with Crippen LogP contribution in [-0.4, -0.2) is 44.9 Å². The second-order valence-electron chi connectivity index (χ2n) is 6.92. The molecule has 0 saturated heterocycles. The molecule has 2 aromatic heterocycles. The standard InChI is InChI=1S/C22H26F2N6O2/c1-5-7-8-19-14(3)20(21-26-22(25)29(28-21)9-10-31-4)27-30(19)13-16-17(23)11-15(32-6-2)12-18(16)24/h5,7-8,11-12H,1,6,9-10,13H2,2-4H3,(H2,25,26,28)/b8-7-. The molecule has 32 heavy (non-hydrogen) atoms. The topological polar surface area (TPSA) is 93.0 Å². The summed E-state index contributed by atoms with van der Waals surface area (Å²) in [5.41, 5.74) is 7.66. The van der Waals surface area contributed by atoms with Crippen LogP contribution in [0, 0.1) is 18.6 Å². The first-order valence-corrected chi connectivity index (χ1v) is 10.1. The van der Waals surface area contributed by atoms with E-state index in [1.165, 1.54) is 9.36 Å². The number of allylic oxidation sites excluding steroid dienone is 2. The molecule has 0 fully saturated rings. The number of hydrogen-bond acceptors (Lipinski definition) is 6. The fourth-order valence-corrected chi connectivity index (χ4v) is 3.20. The average Bonchev–Trinajstić information content (AvgIpc) is 3.27. The lowest BCUT2D eigenvalue weighted by molar-refractivity contribution is 0.184. The first-order chi connectivity index (χ1) is 15.4. The van der Waals surface area contributed by atoms with Crippen molar-refractivity contribution in [2.24, 2.45) is 0 Å². The van der Waals surface area contributed by atoms with Crippen molar-refractivity contribution < 1.29 is 18.3 Å². The summed E-state index contributed by atoms with van der Waals surface area (Å²) < 4.78 is 42.6. The Morgan fingerprint density at radius 3 is 2.53 bits per heavy atom. The molecule has 0 spiro atoms. The highest BCUT2D eigenvalue weighted by molar-refractivity contribution is 5.64. The molecule has 0 bridgehead atoms. The maximum absolute atomic E-state index is 14.7. The molecule has 0 aliphatic heterocycles. The first-order valence-electron chi connectivity index (χ1n) is 10.1. The molecule has 2 N–H and O–H groups in total. The van der Waals surface area contributed by atoms with E-state index in [-0.39, 0.29) is 23.8 Å². The zero-order valence-corrected chi connectivity index (χ0v) is 18.3. The van der Waals surface area contributed by atoms with Crippen LogP contribution in [-0.2, 0) is 17.8 Å². The van der Waals surface area contributed by atoms with Crippen molar-refractivity contribution in [2.45, 2.75) is 26.9 Å². The average molecular weight is 444 g/mol. The summed E-state index contributed by atoms with van der Waals surface area (Å²) in [7, 11) is 1.58. The van der Waals surface area contributed by atoms with Gasteiger partial charge in [0.05, 0.1) is 32.0 Å². The highest BCUT2D eigenvalue weighted by Gasteiger charge is 2.21. The number of ether oxygens (including phenoxy) is 2. The smallest absolute Gasteiger partial charge is 0.219 e. The van der Waals surface area contributed by atoms with Gasteiger partial charge in [0.15, 0.2) is 0 Å². The molecule has 0 amide bonds. The van der Waals surface area contributed by atoms with Gasteiger partial charge in [0.25, 0.3) is 0 Å². The Hall–Kier alpha value is -3.53. The highest BCUT2D eigenvalue weighted by Crippen LogP contribution is 2.27. The predicted molar refractivity (Wildman–Crippen MR) is 118 cm³/mol. The van der Waals surface area contributed by atoms with Crippen molar-refractivity contribution in [2.75, 3.05) is 26.1 Å². The van der Waals surface area contributed by atoms with Gasteiger partial charge < -0.3 is 15.2 Å². The highest BCUT2D eigenvalue weighted by atomic mass is 19.1. The molecule has 1 aromatic carbocycles. The summed E-state index contributed by atoms with van der Waals surface area (Å²) in [4.78, 5) is 4.29. The molecular weight excluding hydrogens is 418 g/mol. The lowest BCUT2D eigenvalue weighted by atomic mass is 10.1. The number of aromatic nitrogens is 5. The van der Waals surface area contributed by atoms with Crippen LogP contribution in [0.25, 0.3) is 17.6 Å². The summed E-state index contributed by atoms with van der Waals surface area (Å²) >= 11 is 0. The molecule has 170 valence electrons. The molecule has 3 rings (SSSR count). The normalized spacial score (nSPS) is 11.4. The number of halogens is 2. The van der Waals surface area contributed by atoms with E-state index in [9.17, 15) is 8.78 Å². The third-order valence-electron chi connectivity index (χ3n) is 4.78. The molecular formula is C22H26F2N6O2. The zero-order valence-electron chi connectivity index (χ0n) is 18.3. The minimum absolute atomic E-state index is 0.131. The molecule has 0 atom stereocenters. The van der Waals surface area contributed by atoms with Crippen LogP contribution in [0.15, 0.2) is 30.9 Å². The second kappa shape index (κ2) is 10.2. The molecule has 0 radical (unpaired) electrons. The third-order valence-corrected chi connectivity index (χ3v) is 4.78. The maximum Gasteiger partial charge on any atom is 0.219 e. The van der Waals surface area contributed by atoms with E-state index in [4.69, 9.17) is 15.2 Å². The van der Waals surface area contributed by atoms with Crippen molar-refractivity contribution in [3.05, 3.63) is 59.3 Å². The Balaban J connectivity index is 2.04. The second-order valence-corrected chi connectivity index (χ2v) is 6.92. The van der Waals surface area contributed by atoms with E-state index in [0.717, 1.165) is 17.7 Å². The summed E-state index contributed by atoms with van der Waals surface area (Å²) in [6.45, 7) is 8.28. The molecule has 3 aromatic rings. The monoisotopic (exact) mass is 444 g/mol. The lowest BCUT2D eigenvalue weighted by Gasteiger charge is -2.10. The van der Waals surface area contributed by atoms with E-state index in [1.54, 1.807) is 32.3 Å². The Bertz CT molecular complexity index is 1110. The quantitative estimate of drug-likeness (QED) is 0.480. The maximum atomic E-state index is 14.7. The van der Waals surface area contributed by atoms with Crippen molar-refractivity contribution in [1.82, 2.24) is 24.5 Å². The summed E-state index contributed by atoms with van der Waals surface area (Å²) in [6, 6.07) is 2.33. The summed E-state index contributed by atoms with van der Waals surface area (Å²) in [5.74, 6) is -0.758. The number of methoxy groups -OCH3 is 1. The minimum atomic E-state index is -0.715. The molecule has 0 saturated carbocycles. The van der Waals surface area contributed by atoms with Gasteiger partial charge in [-0.25, -0.2) is 13.5 Å². The van der Waals surface area contributed by atoms with E-state index in [2.05, 4.69) is 21.8 Å². The van der Waals surface area contributed by atoms with Crippen molar-refractivity contribution in [3.8, 4) is 17.3 Å². The van der Waals surface area contributed by atoms with Gasteiger partial charge in [-0.15, -0.1) is 5.10 Å². The van der Waals surface area contributed by atoms with Crippen LogP contribution < -0.4 is 10.5 Å². The van der Waals surface area contributed by atoms with Crippen molar-refractivity contribution in [3.63, 3.8) is 0 Å². The molecule has 8 nitrogen and oxygen atoms in total. The van der Waals surface area contributed by atoms with Gasteiger partial charge in [-0.1, -0.05) is 18.7 Å². The largest absolute Gasteiger partial charge is 0.494 e. The number of hydrogen-bond donors (Lipinski definition) is 1. The number of benzene rings is 1. The zero-order chi connectivity index (χ0) is 23.3.